The van der Waals surface area contributed by atoms with Crippen LogP contribution in [0.1, 0.15) is 22.2 Å². The Kier molecular flexibility index (Phi) is 12.7. The zero-order valence-electron chi connectivity index (χ0n) is 6.52. The normalized spacial score (nSPS) is 6.67. The van der Waals surface area contributed by atoms with Gasteiger partial charge in [0.2, 0.25) is 0 Å². The van der Waals surface area contributed by atoms with Crippen LogP contribution in [0.5, 0.6) is 0 Å². The predicted octanol–water partition coefficient (Wildman–Crippen LogP) is 1.63. The number of nitrogens with one attached hydrogen (secondary N) is 1. The Morgan fingerprint density at radius 3 is 2.22 bits per heavy atom. The minimum Gasteiger partial charge on any atom is -0.453 e. The van der Waals surface area contributed by atoms with Gasteiger partial charge in [-0.3, -0.25) is 0 Å². The van der Waals surface area contributed by atoms with E-state index < -0.39 is 0 Å². The van der Waals surface area contributed by atoms with Crippen LogP contribution in [0.15, 0.2) is 0 Å². The van der Waals surface area contributed by atoms with Crippen LogP contribution in [0.25, 0.3) is 0 Å². The monoisotopic (exact) mass is 135 g/mol. The number of carbonyl (C=O) groups is 1. The average Bonchev–Trinajstić information content (AvgIpc) is 1.93. The number of alkyl carbamates (subject to hydrolysis) is 1. The van der Waals surface area contributed by atoms with E-state index in [1.165, 1.54) is 7.11 Å². The zero-order valence-corrected chi connectivity index (χ0v) is 6.52. The van der Waals surface area contributed by atoms with Gasteiger partial charge in [0, 0.05) is 7.97 Å². The number of hydrogen-bond acceptors (Lipinski definition) is 2. The highest BCUT2D eigenvalue weighted by Gasteiger charge is 1.89. The fraction of sp³-hybridized carbons (Fsp3) is 0.833. The largest absolute Gasteiger partial charge is 0.453 e. The molecule has 0 aromatic heterocycles. The molecule has 0 saturated heterocycles. The van der Waals surface area contributed by atoms with Crippen molar-refractivity contribution in [3.8, 4) is 0 Å². The summed E-state index contributed by atoms with van der Waals surface area (Å²) < 4.78 is 4.24. The average molecular weight is 135 g/mol. The molecule has 0 aliphatic carbocycles. The Bertz CT molecular complexity index is 68.8. The molecule has 0 aliphatic rings. The summed E-state index contributed by atoms with van der Waals surface area (Å²) in [5.74, 6) is 0. The van der Waals surface area contributed by atoms with E-state index in [-0.39, 0.29) is 7.52 Å². The van der Waals surface area contributed by atoms with Crippen LogP contribution in [0, 0.1) is 0 Å². The molecule has 0 fully saturated rings. The molecular formula is C6H17NO2. The van der Waals surface area contributed by atoms with E-state index in [1.54, 1.807) is 0 Å². The lowest BCUT2D eigenvalue weighted by molar-refractivity contribution is 0.171. The summed E-state index contributed by atoms with van der Waals surface area (Å²) in [6, 6.07) is 0. The van der Waals surface area contributed by atoms with Crippen LogP contribution in [0.3, 0.4) is 0 Å². The van der Waals surface area contributed by atoms with Crippen molar-refractivity contribution in [3.63, 3.8) is 0 Å². The smallest absolute Gasteiger partial charge is 0.406 e. The molecule has 0 bridgehead atoms. The number of rotatable bonds is 1. The molecule has 9 heavy (non-hydrogen) atoms. The van der Waals surface area contributed by atoms with Gasteiger partial charge in [0.05, 0.1) is 7.11 Å². The van der Waals surface area contributed by atoms with Crippen LogP contribution in [0.4, 0.5) is 4.79 Å². The third kappa shape index (κ3) is 11.1. The standard InChI is InChI=1S/C4H9NO2.C2H6.H2/c1-3-5-4(6)7-2;1-2;/h3H2,1-2H3,(H,5,6);1-2H3;1H. The summed E-state index contributed by atoms with van der Waals surface area (Å²) >= 11 is 0. The lowest BCUT2D eigenvalue weighted by Gasteiger charge is -1.95. The maximum atomic E-state index is 10.1. The van der Waals surface area contributed by atoms with Crippen LogP contribution in [-0.4, -0.2) is 19.7 Å². The molecule has 0 aliphatic heterocycles. The fourth-order valence-corrected chi connectivity index (χ4v) is 0.217. The number of hydrogen-bond donors (Lipinski definition) is 1. The van der Waals surface area contributed by atoms with Crippen molar-refractivity contribution in [2.75, 3.05) is 13.7 Å². The SMILES string of the molecule is CC.CCNC(=O)OC.[HH]. The first-order valence-corrected chi connectivity index (χ1v) is 3.13. The number of methoxy groups -OCH3 is 1. The van der Waals surface area contributed by atoms with Gasteiger partial charge in [0.15, 0.2) is 0 Å². The molecule has 0 aromatic carbocycles. The maximum absolute atomic E-state index is 10.1. The lowest BCUT2D eigenvalue weighted by Crippen LogP contribution is -2.21. The fourth-order valence-electron chi connectivity index (χ4n) is 0.217. The van der Waals surface area contributed by atoms with Gasteiger partial charge in [0.1, 0.15) is 0 Å². The first-order chi connectivity index (χ1) is 4.31. The highest BCUT2D eigenvalue weighted by molar-refractivity contribution is 5.66. The maximum Gasteiger partial charge on any atom is 0.406 e. The summed E-state index contributed by atoms with van der Waals surface area (Å²) in [5, 5.41) is 2.43. The molecular weight excluding hydrogens is 118 g/mol. The summed E-state index contributed by atoms with van der Waals surface area (Å²) in [4.78, 5) is 10.1. The third-order valence-electron chi connectivity index (χ3n) is 0.507. The van der Waals surface area contributed by atoms with Gasteiger partial charge in [-0.25, -0.2) is 4.79 Å². The molecule has 0 spiro atoms. The van der Waals surface area contributed by atoms with E-state index >= 15 is 0 Å². The van der Waals surface area contributed by atoms with E-state index in [0.29, 0.717) is 6.54 Å². The molecule has 58 valence electrons. The Morgan fingerprint density at radius 2 is 2.11 bits per heavy atom. The van der Waals surface area contributed by atoms with Crippen molar-refractivity contribution in [1.29, 1.82) is 0 Å². The van der Waals surface area contributed by atoms with Crippen molar-refractivity contribution in [2.24, 2.45) is 0 Å². The molecule has 3 nitrogen and oxygen atoms in total. The molecule has 0 unspecified atom stereocenters. The van der Waals surface area contributed by atoms with Crippen LogP contribution in [0.2, 0.25) is 0 Å². The van der Waals surface area contributed by atoms with Crippen molar-refractivity contribution in [1.82, 2.24) is 5.32 Å². The number of ether oxygens (including phenoxy) is 1. The zero-order chi connectivity index (χ0) is 7.70. The van der Waals surface area contributed by atoms with Crippen molar-refractivity contribution < 1.29 is 11.0 Å². The molecule has 0 aromatic rings. The highest BCUT2D eigenvalue weighted by Crippen LogP contribution is 1.66. The molecule has 3 heteroatoms. The Hall–Kier alpha value is -0.730. The van der Waals surface area contributed by atoms with Crippen LogP contribution >= 0.6 is 0 Å². The van der Waals surface area contributed by atoms with Gasteiger partial charge in [0.25, 0.3) is 0 Å². The van der Waals surface area contributed by atoms with Gasteiger partial charge in [-0.1, -0.05) is 13.8 Å². The minimum absolute atomic E-state index is 0. The summed E-state index contributed by atoms with van der Waals surface area (Å²) in [5.41, 5.74) is 0. The van der Waals surface area contributed by atoms with E-state index in [4.69, 9.17) is 0 Å². The first-order valence-electron chi connectivity index (χ1n) is 3.13. The van der Waals surface area contributed by atoms with Crippen molar-refractivity contribution in [3.05, 3.63) is 0 Å². The van der Waals surface area contributed by atoms with Gasteiger partial charge >= 0.3 is 6.09 Å². The number of amides is 1. The number of carbonyl (C=O) groups excluding carboxylic acids is 1. The molecule has 0 saturated carbocycles. The van der Waals surface area contributed by atoms with Gasteiger partial charge in [-0.2, -0.15) is 0 Å². The third-order valence-corrected chi connectivity index (χ3v) is 0.507. The van der Waals surface area contributed by atoms with E-state index in [2.05, 4.69) is 10.1 Å². The molecule has 0 atom stereocenters. The van der Waals surface area contributed by atoms with E-state index in [1.807, 2.05) is 20.8 Å². The molecule has 1 N–H and O–H groups in total. The molecule has 0 rings (SSSR count). The van der Waals surface area contributed by atoms with E-state index in [9.17, 15) is 4.79 Å². The lowest BCUT2D eigenvalue weighted by atomic mass is 10.8. The van der Waals surface area contributed by atoms with E-state index in [0.717, 1.165) is 0 Å². The second-order valence-corrected chi connectivity index (χ2v) is 1.02. The summed E-state index contributed by atoms with van der Waals surface area (Å²) in [6.07, 6.45) is -0.373. The second kappa shape index (κ2) is 10.3. The Morgan fingerprint density at radius 1 is 1.67 bits per heavy atom. The van der Waals surface area contributed by atoms with Crippen molar-refractivity contribution >= 4 is 6.09 Å². The van der Waals surface area contributed by atoms with Crippen LogP contribution in [-0.2, 0) is 4.74 Å². The molecule has 0 radical (unpaired) electrons. The predicted molar refractivity (Wildman–Crippen MR) is 39.5 cm³/mol. The first kappa shape index (κ1) is 11.1. The summed E-state index contributed by atoms with van der Waals surface area (Å²) in [6.45, 7) is 6.45. The van der Waals surface area contributed by atoms with Crippen LogP contribution < -0.4 is 5.32 Å². The molecule has 1 amide bonds. The van der Waals surface area contributed by atoms with Gasteiger partial charge < -0.3 is 10.1 Å². The topological polar surface area (TPSA) is 38.3 Å². The van der Waals surface area contributed by atoms with Crippen molar-refractivity contribution in [2.45, 2.75) is 20.8 Å². The molecule has 0 heterocycles. The van der Waals surface area contributed by atoms with Gasteiger partial charge in [-0.05, 0) is 6.92 Å². The second-order valence-electron chi connectivity index (χ2n) is 1.02. The van der Waals surface area contributed by atoms with Gasteiger partial charge in [-0.15, -0.1) is 0 Å². The minimum atomic E-state index is -0.373. The summed E-state index contributed by atoms with van der Waals surface area (Å²) in [7, 11) is 1.34. The Labute approximate surface area is 57.9 Å². The quantitative estimate of drug-likeness (QED) is 0.593. The Balaban J connectivity index is -0.000000149. The highest BCUT2D eigenvalue weighted by atomic mass is 16.5.